The Hall–Kier alpha value is -2.31. The van der Waals surface area contributed by atoms with Crippen LogP contribution < -0.4 is 5.32 Å². The van der Waals surface area contributed by atoms with Gasteiger partial charge in [-0.3, -0.25) is 4.79 Å². The number of amides is 2. The zero-order valence-corrected chi connectivity index (χ0v) is 16.3. The molecule has 9 nitrogen and oxygen atoms in total. The first kappa shape index (κ1) is 22.7. The molecule has 1 saturated heterocycles. The van der Waals surface area contributed by atoms with Crippen molar-refractivity contribution < 1.29 is 24.5 Å². The summed E-state index contributed by atoms with van der Waals surface area (Å²) in [5.74, 6) is -0.542. The monoisotopic (exact) mass is 382 g/mol. The Labute approximate surface area is 160 Å². The lowest BCUT2D eigenvalue weighted by molar-refractivity contribution is -0.127. The summed E-state index contributed by atoms with van der Waals surface area (Å²) < 4.78 is 5.35. The van der Waals surface area contributed by atoms with Gasteiger partial charge in [0.25, 0.3) is 5.91 Å². The van der Waals surface area contributed by atoms with Crippen molar-refractivity contribution in [3.05, 3.63) is 11.8 Å². The highest BCUT2D eigenvalue weighted by molar-refractivity contribution is 5.97. The molecule has 1 rings (SSSR count). The molecule has 3 N–H and O–H groups in total. The smallest absolute Gasteiger partial charge is 0.410 e. The molecule has 0 aromatic heterocycles. The maximum absolute atomic E-state index is 12.3. The lowest BCUT2D eigenvalue weighted by atomic mass is 10.1. The van der Waals surface area contributed by atoms with Gasteiger partial charge in [-0.15, -0.1) is 0 Å². The van der Waals surface area contributed by atoms with E-state index in [2.05, 4.69) is 5.32 Å². The molecule has 0 bridgehead atoms. The van der Waals surface area contributed by atoms with E-state index in [9.17, 15) is 14.9 Å². The number of nitriles is 1. The highest BCUT2D eigenvalue weighted by Crippen LogP contribution is 2.15. The quantitative estimate of drug-likeness (QED) is 0.424. The maximum atomic E-state index is 12.3. The van der Waals surface area contributed by atoms with E-state index in [0.717, 1.165) is 0 Å². The maximum Gasteiger partial charge on any atom is 0.410 e. The number of hydrogen-bond donors (Lipinski definition) is 3. The Morgan fingerprint density at radius 1 is 1.26 bits per heavy atom. The van der Waals surface area contributed by atoms with E-state index in [-0.39, 0.29) is 44.0 Å². The lowest BCUT2D eigenvalue weighted by Crippen LogP contribution is -2.45. The summed E-state index contributed by atoms with van der Waals surface area (Å²) in [6.07, 6.45) is 2.37. The fourth-order valence-electron chi connectivity index (χ4n) is 2.62. The normalized spacial score (nSPS) is 15.9. The van der Waals surface area contributed by atoms with E-state index in [1.807, 2.05) is 26.8 Å². The van der Waals surface area contributed by atoms with Crippen LogP contribution in [-0.4, -0.2) is 83.0 Å². The molecule has 0 aliphatic carbocycles. The van der Waals surface area contributed by atoms with Crippen molar-refractivity contribution >= 4 is 12.0 Å². The van der Waals surface area contributed by atoms with E-state index in [4.69, 9.17) is 14.9 Å². The van der Waals surface area contributed by atoms with Crippen LogP contribution in [0.5, 0.6) is 0 Å². The minimum atomic E-state index is -0.542. The van der Waals surface area contributed by atoms with E-state index in [1.54, 1.807) is 4.90 Å². The minimum Gasteiger partial charge on any atom is -0.444 e. The van der Waals surface area contributed by atoms with Crippen LogP contribution in [-0.2, 0) is 9.53 Å². The molecule has 1 aliphatic rings. The van der Waals surface area contributed by atoms with E-state index >= 15 is 0 Å². The molecule has 0 unspecified atom stereocenters. The van der Waals surface area contributed by atoms with Gasteiger partial charge in [0.05, 0.1) is 13.2 Å². The third-order valence-corrected chi connectivity index (χ3v) is 3.99. The van der Waals surface area contributed by atoms with Crippen molar-refractivity contribution in [1.29, 1.82) is 5.26 Å². The highest BCUT2D eigenvalue weighted by Gasteiger charge is 2.26. The van der Waals surface area contributed by atoms with Gasteiger partial charge in [-0.2, -0.15) is 5.26 Å². The second kappa shape index (κ2) is 10.7. The number of rotatable bonds is 7. The van der Waals surface area contributed by atoms with E-state index in [0.29, 0.717) is 25.9 Å². The summed E-state index contributed by atoms with van der Waals surface area (Å²) in [6.45, 7) is 6.11. The van der Waals surface area contributed by atoms with Gasteiger partial charge in [0.1, 0.15) is 17.2 Å². The number of piperidine rings is 1. The number of aliphatic hydroxyl groups is 2. The predicted octanol–water partition coefficient (Wildman–Crippen LogP) is 0.196. The summed E-state index contributed by atoms with van der Waals surface area (Å²) in [5, 5.41) is 30.3. The van der Waals surface area contributed by atoms with Crippen LogP contribution in [0.25, 0.3) is 0 Å². The van der Waals surface area contributed by atoms with Crippen LogP contribution in [0.2, 0.25) is 0 Å². The molecule has 1 fully saturated rings. The molecule has 0 atom stereocenters. The average molecular weight is 382 g/mol. The van der Waals surface area contributed by atoms with Crippen LogP contribution in [0, 0.1) is 11.3 Å². The first-order valence-corrected chi connectivity index (χ1v) is 9.07. The van der Waals surface area contributed by atoms with Gasteiger partial charge < -0.3 is 30.1 Å². The van der Waals surface area contributed by atoms with E-state index < -0.39 is 11.5 Å². The number of nitrogens with one attached hydrogen (secondary N) is 1. The molecule has 2 amide bonds. The largest absolute Gasteiger partial charge is 0.444 e. The highest BCUT2D eigenvalue weighted by atomic mass is 16.6. The number of carbonyl (C=O) groups excluding carboxylic acids is 2. The number of carbonyl (C=O) groups is 2. The zero-order chi connectivity index (χ0) is 20.4. The Kier molecular flexibility index (Phi) is 9.05. The standard InChI is InChI=1S/C18H30N4O5/c1-18(2,3)27-17(26)22-6-4-15(5-7-22)20-13-14(12-19)16(25)21(8-10-23)9-11-24/h13,15,20,23-24H,4-11H2,1-3H3/b14-13-. The summed E-state index contributed by atoms with van der Waals surface area (Å²) in [5.41, 5.74) is -0.627. The summed E-state index contributed by atoms with van der Waals surface area (Å²) in [7, 11) is 0. The van der Waals surface area contributed by atoms with Crippen molar-refractivity contribution in [1.82, 2.24) is 15.1 Å². The molecule has 0 radical (unpaired) electrons. The second-order valence-electron chi connectivity index (χ2n) is 7.32. The Balaban J connectivity index is 2.58. The van der Waals surface area contributed by atoms with Gasteiger partial charge in [0, 0.05) is 38.4 Å². The predicted molar refractivity (Wildman–Crippen MR) is 98.4 cm³/mol. The third-order valence-electron chi connectivity index (χ3n) is 3.99. The molecular weight excluding hydrogens is 352 g/mol. The number of aliphatic hydroxyl groups excluding tert-OH is 2. The molecule has 9 heteroatoms. The molecule has 1 aliphatic heterocycles. The van der Waals surface area contributed by atoms with Crippen LogP contribution in [0.3, 0.4) is 0 Å². The molecule has 1 heterocycles. The van der Waals surface area contributed by atoms with Gasteiger partial charge in [-0.1, -0.05) is 0 Å². The average Bonchev–Trinajstić information content (AvgIpc) is 2.61. The molecule has 152 valence electrons. The van der Waals surface area contributed by atoms with Gasteiger partial charge in [0.2, 0.25) is 0 Å². The van der Waals surface area contributed by atoms with Crippen LogP contribution in [0.15, 0.2) is 11.8 Å². The zero-order valence-electron chi connectivity index (χ0n) is 16.3. The van der Waals surface area contributed by atoms with Crippen LogP contribution in [0.4, 0.5) is 4.79 Å². The van der Waals surface area contributed by atoms with Crippen molar-refractivity contribution in [3.63, 3.8) is 0 Å². The molecule has 0 aromatic carbocycles. The lowest BCUT2D eigenvalue weighted by Gasteiger charge is -2.33. The van der Waals surface area contributed by atoms with Gasteiger partial charge in [-0.25, -0.2) is 4.79 Å². The molecule has 27 heavy (non-hydrogen) atoms. The number of ether oxygens (including phenoxy) is 1. The number of likely N-dealkylation sites (tertiary alicyclic amines) is 1. The summed E-state index contributed by atoms with van der Waals surface area (Å²) >= 11 is 0. The van der Waals surface area contributed by atoms with Crippen molar-refractivity contribution in [2.45, 2.75) is 45.3 Å². The molecular formula is C18H30N4O5. The van der Waals surface area contributed by atoms with Gasteiger partial charge in [0.15, 0.2) is 0 Å². The van der Waals surface area contributed by atoms with Crippen molar-refractivity contribution in [2.24, 2.45) is 0 Å². The number of nitrogens with zero attached hydrogens (tertiary/aromatic N) is 3. The molecule has 0 aromatic rings. The van der Waals surface area contributed by atoms with Crippen LogP contribution in [0.1, 0.15) is 33.6 Å². The first-order chi connectivity index (χ1) is 12.7. The fraction of sp³-hybridized carbons (Fsp3) is 0.722. The van der Waals surface area contributed by atoms with Crippen molar-refractivity contribution in [3.8, 4) is 6.07 Å². The SMILES string of the molecule is CC(C)(C)OC(=O)N1CCC(N/C=C(/C#N)C(=O)N(CCO)CCO)CC1. The van der Waals surface area contributed by atoms with Crippen LogP contribution >= 0.6 is 0 Å². The summed E-state index contributed by atoms with van der Waals surface area (Å²) in [4.78, 5) is 27.2. The van der Waals surface area contributed by atoms with E-state index in [1.165, 1.54) is 11.1 Å². The summed E-state index contributed by atoms with van der Waals surface area (Å²) in [6, 6.07) is 1.88. The molecule has 0 saturated carbocycles. The Bertz CT molecular complexity index is 565. The topological polar surface area (TPSA) is 126 Å². The number of hydrogen-bond acceptors (Lipinski definition) is 7. The fourth-order valence-corrected chi connectivity index (χ4v) is 2.62. The first-order valence-electron chi connectivity index (χ1n) is 9.07. The van der Waals surface area contributed by atoms with Crippen molar-refractivity contribution in [2.75, 3.05) is 39.4 Å². The van der Waals surface area contributed by atoms with Gasteiger partial charge >= 0.3 is 6.09 Å². The van der Waals surface area contributed by atoms with Gasteiger partial charge in [-0.05, 0) is 33.6 Å². The third kappa shape index (κ3) is 7.85. The second-order valence-corrected chi connectivity index (χ2v) is 7.32. The Morgan fingerprint density at radius 2 is 1.81 bits per heavy atom. The molecule has 0 spiro atoms. The minimum absolute atomic E-state index is 0.0315. The Morgan fingerprint density at radius 3 is 2.26 bits per heavy atom.